The SMILES string of the molecule is CCCC[C@H]1C(=O)N(C)[C@@H](CCCC)C(=O)N[C@@H](CC(C)C)C(=O)N[C@H](C(=O)NCC(N)=O)CSCC(=O)N[C@@H](Cc2ccc(O)cc2)C(=O)N(C)[C@@H](C)C(=O)N[C@@H](CC(N)=O)C(=O)N2CCC[C@H]2C(=O)N[C@@H](CNC(N)=S)C(=O)N[C@@H](CC(C)C)C(=O)N2C[C@H](O)C[C@H]2C(=O)N[C@@H](Cc2c[nH]c3ccccc23)C(=O)N[C@@H](CCN)C(=O)N[C@@H](Cc2cn(CC(=O)O)c3ccccc23)C(=O)N1C. The van der Waals surface area contributed by atoms with Gasteiger partial charge >= 0.3 is 5.97 Å². The molecule has 3 aromatic carbocycles. The van der Waals surface area contributed by atoms with Gasteiger partial charge in [-0.25, -0.2) is 0 Å². The number of hydrogen-bond acceptors (Lipinski definition) is 23. The van der Waals surface area contributed by atoms with Crippen LogP contribution in [0.25, 0.3) is 21.8 Å². The Kier molecular flexibility index (Phi) is 41.3. The number of unbranched alkanes of at least 4 members (excludes halogenated alkanes) is 2. The highest BCUT2D eigenvalue weighted by atomic mass is 32.2. The number of carbonyl (C=O) groups is 18. The lowest BCUT2D eigenvalue weighted by atomic mass is 9.99. The zero-order valence-corrected chi connectivity index (χ0v) is 80.5. The molecule has 0 saturated carbocycles. The van der Waals surface area contributed by atoms with Crippen LogP contribution in [-0.4, -0.2) is 317 Å². The zero-order valence-electron chi connectivity index (χ0n) is 78.9. The molecular formula is C92H132N22O21S2. The molecule has 0 aliphatic carbocycles. The summed E-state index contributed by atoms with van der Waals surface area (Å²) in [6, 6.07) is -2.46. The summed E-state index contributed by atoms with van der Waals surface area (Å²) >= 11 is 5.90. The molecule has 137 heavy (non-hydrogen) atoms. The molecule has 3 fully saturated rings. The molecule has 23 N–H and O–H groups in total. The van der Waals surface area contributed by atoms with Crippen molar-refractivity contribution in [3.63, 3.8) is 0 Å². The van der Waals surface area contributed by atoms with Gasteiger partial charge in [0, 0.05) is 106 Å². The van der Waals surface area contributed by atoms with Crippen molar-refractivity contribution in [2.45, 2.75) is 248 Å². The number of phenolic OH excluding ortho intramolecular Hbond substituents is 1. The van der Waals surface area contributed by atoms with Crippen LogP contribution in [0.3, 0.4) is 0 Å². The van der Waals surface area contributed by atoms with Crippen molar-refractivity contribution in [2.24, 2.45) is 34.8 Å². The number of nitrogens with zero attached hydrogens (tertiary/aromatic N) is 6. The molecule has 2 aromatic heterocycles. The third kappa shape index (κ3) is 31.0. The first-order valence-corrected chi connectivity index (χ1v) is 47.6. The van der Waals surface area contributed by atoms with E-state index in [0.29, 0.717) is 64.2 Å². The van der Waals surface area contributed by atoms with Gasteiger partial charge in [-0.15, -0.1) is 11.8 Å². The molecule has 0 spiro atoms. The number of thiocarbonyl (C=S) groups is 1. The lowest BCUT2D eigenvalue weighted by Gasteiger charge is -2.36. The summed E-state index contributed by atoms with van der Waals surface area (Å²) in [4.78, 5) is 272. The van der Waals surface area contributed by atoms with E-state index < -0.39 is 254 Å². The highest BCUT2D eigenvalue weighted by molar-refractivity contribution is 8.00. The fourth-order valence-corrected chi connectivity index (χ4v) is 17.9. The van der Waals surface area contributed by atoms with E-state index in [4.69, 9.17) is 35.2 Å². The van der Waals surface area contributed by atoms with Crippen LogP contribution in [0.2, 0.25) is 0 Å². The number of H-pyrrole nitrogens is 1. The molecule has 3 aliphatic rings. The number of primary amides is 2. The maximum absolute atomic E-state index is 16.0. The smallest absolute Gasteiger partial charge is 0.323 e. The highest BCUT2D eigenvalue weighted by Crippen LogP contribution is 2.29. The minimum absolute atomic E-state index is 0.00175. The number of aliphatic hydroxyl groups excluding tert-OH is 1. The summed E-state index contributed by atoms with van der Waals surface area (Å²) in [6.07, 6.45) is 0.740. The van der Waals surface area contributed by atoms with Crippen LogP contribution >= 0.6 is 24.0 Å². The average molecular weight is 1950 g/mol. The molecule has 0 unspecified atom stereocenters. The van der Waals surface area contributed by atoms with Crippen LogP contribution in [0.5, 0.6) is 5.75 Å². The van der Waals surface area contributed by atoms with Crippen molar-refractivity contribution in [1.82, 2.24) is 92.5 Å². The van der Waals surface area contributed by atoms with Crippen molar-refractivity contribution < 1.29 is 102 Å². The molecule has 3 saturated heterocycles. The van der Waals surface area contributed by atoms with E-state index in [9.17, 15) is 68.1 Å². The molecule has 0 bridgehead atoms. The standard InChI is InChI=1S/C92H132N22O21S2/c1-11-13-23-70-84(128)102-61(34-49(3)4)81(125)108-68(79(123)98-43-75(95)118)47-137-48-76(119)100-64(36-52-27-29-55(115)30-28-52)87(131)109(8)51(7)78(122)104-66(40-74(94)117)89(133)113-33-19-26-71(113)85(129)107-67(42-99-92(96)136)83(127)105-63(35-50(5)6)90(134)114-45-56(116)39-73(114)86(130)103-62(37-53-41-97-59-22-17-15-20-57(53)59)82(126)101-60(31-32-93)80(124)106-65(88(132)111(10)72(24-14-12-2)91(135)110(70)9)38-54-44-112(46-77(120)121)69-25-18-16-21-58(54)69/h15-18,20-22,25,27-30,41,44,49-51,56,60-68,70-73,97,115-116H,11-14,19,23-24,26,31-40,42-43,45-48,93H2,1-10H3,(H2,94,117)(H2,95,118)(H,98,123)(H,100,119)(H,101,126)(H,102,128)(H,103,130)(H,104,122)(H,105,127)(H,106,124)(H,107,129)(H,108,125)(H,120,121)(H3,96,99,136)/t51-,56+,60-,61-,62-,63-,64-,65-,66-,67-,68-,70-,71-,72-,73-/m0/s1. The van der Waals surface area contributed by atoms with E-state index in [-0.39, 0.29) is 94.1 Å². The van der Waals surface area contributed by atoms with Gasteiger partial charge in [-0.3, -0.25) is 86.3 Å². The number of nitrogens with two attached hydrogens (primary N) is 4. The molecule has 5 aromatic rings. The van der Waals surface area contributed by atoms with E-state index >= 15 is 33.6 Å². The second kappa shape index (κ2) is 51.8. The van der Waals surface area contributed by atoms with Crippen LogP contribution in [0, 0.1) is 11.8 Å². The second-order valence-electron chi connectivity index (χ2n) is 35.8. The number of rotatable bonds is 27. The monoisotopic (exact) mass is 1940 g/mol. The van der Waals surface area contributed by atoms with Crippen LogP contribution in [0.15, 0.2) is 85.2 Å². The number of aliphatic carboxylic acids is 1. The number of phenols is 1. The van der Waals surface area contributed by atoms with E-state index in [2.05, 4.69) is 63.5 Å². The number of aliphatic hydroxyl groups is 1. The molecule has 15 atom stereocenters. The largest absolute Gasteiger partial charge is 0.508 e. The van der Waals surface area contributed by atoms with Gasteiger partial charge in [0.05, 0.1) is 24.8 Å². The van der Waals surface area contributed by atoms with Crippen molar-refractivity contribution in [3.8, 4) is 5.75 Å². The third-order valence-corrected chi connectivity index (χ3v) is 25.5. The Balaban J connectivity index is 1.22. The normalized spacial score (nSPS) is 24.6. The number of fused-ring (bicyclic) bond motifs is 4. The number of benzene rings is 3. The summed E-state index contributed by atoms with van der Waals surface area (Å²) < 4.78 is 1.44. The summed E-state index contributed by atoms with van der Waals surface area (Å²) in [5, 5.41) is 61.9. The summed E-state index contributed by atoms with van der Waals surface area (Å²) in [6.45, 7) is 9.23. The minimum Gasteiger partial charge on any atom is -0.508 e. The molecule has 5 heterocycles. The summed E-state index contributed by atoms with van der Waals surface area (Å²) in [5.41, 5.74) is 25.6. The fourth-order valence-electron chi connectivity index (χ4n) is 17.0. The molecule has 43 nitrogen and oxygen atoms in total. The van der Waals surface area contributed by atoms with Crippen LogP contribution in [0.4, 0.5) is 0 Å². The number of hydrogen-bond donors (Lipinski definition) is 19. The minimum atomic E-state index is -1.80. The summed E-state index contributed by atoms with van der Waals surface area (Å²) in [7, 11) is 3.90. The number of carboxylic acids is 1. The predicted octanol–water partition coefficient (Wildman–Crippen LogP) is -2.36. The highest BCUT2D eigenvalue weighted by Gasteiger charge is 2.47. The number of thioether (sulfide) groups is 1. The molecule has 748 valence electrons. The number of amides is 17. The number of nitrogens with one attached hydrogen (secondary N) is 12. The first kappa shape index (κ1) is 109. The third-order valence-electron chi connectivity index (χ3n) is 24.3. The number of aromatic nitrogens is 2. The molecule has 0 radical (unpaired) electrons. The van der Waals surface area contributed by atoms with E-state index in [1.807, 2.05) is 13.8 Å². The van der Waals surface area contributed by atoms with Crippen LogP contribution in [-0.2, 0) is 112 Å². The Morgan fingerprint density at radius 3 is 1.74 bits per heavy atom. The van der Waals surface area contributed by atoms with Crippen molar-refractivity contribution in [1.29, 1.82) is 0 Å². The van der Waals surface area contributed by atoms with Crippen LogP contribution < -0.4 is 81.4 Å². The van der Waals surface area contributed by atoms with Gasteiger partial charge in [0.1, 0.15) is 96.9 Å². The Morgan fingerprint density at radius 1 is 0.555 bits per heavy atom. The Bertz CT molecular complexity index is 5190. The Morgan fingerprint density at radius 2 is 1.10 bits per heavy atom. The van der Waals surface area contributed by atoms with Crippen molar-refractivity contribution in [3.05, 3.63) is 102 Å². The number of aromatic amines is 1. The molecule has 8 rings (SSSR count). The maximum Gasteiger partial charge on any atom is 0.323 e. The molecule has 17 amide bonds. The lowest BCUT2D eigenvalue weighted by molar-refractivity contribution is -0.149. The Labute approximate surface area is 803 Å². The van der Waals surface area contributed by atoms with Crippen LogP contribution in [0.1, 0.15) is 149 Å². The van der Waals surface area contributed by atoms with Gasteiger partial charge in [0.25, 0.3) is 0 Å². The van der Waals surface area contributed by atoms with E-state index in [1.54, 1.807) is 82.4 Å². The number of carboxylic acid groups (broad SMARTS) is 1. The van der Waals surface area contributed by atoms with Gasteiger partial charge in [0.15, 0.2) is 5.11 Å². The number of likely N-dealkylation sites (N-methyl/N-ethyl adjacent to an activating group) is 3. The quantitative estimate of drug-likeness (QED) is 0.0245. The first-order valence-electron chi connectivity index (χ1n) is 46.0. The van der Waals surface area contributed by atoms with Gasteiger partial charge in [-0.2, -0.15) is 0 Å². The first-order chi connectivity index (χ1) is 64.9. The predicted molar refractivity (Wildman–Crippen MR) is 510 cm³/mol. The van der Waals surface area contributed by atoms with E-state index in [0.717, 1.165) is 36.3 Å². The molecular weight excluding hydrogens is 1810 g/mol. The van der Waals surface area contributed by atoms with Crippen molar-refractivity contribution >= 4 is 157 Å². The van der Waals surface area contributed by atoms with Crippen molar-refractivity contribution in [2.75, 3.05) is 65.4 Å². The average Bonchev–Trinajstić information content (AvgIpc) is 1.57. The van der Waals surface area contributed by atoms with Gasteiger partial charge in [0.2, 0.25) is 100 Å². The van der Waals surface area contributed by atoms with Gasteiger partial charge in [-0.05, 0) is 123 Å². The number of carbonyl (C=O) groups excluding carboxylic acids is 17. The fraction of sp³-hybridized carbons (Fsp3) is 0.554. The zero-order chi connectivity index (χ0) is 101. The molecule has 3 aliphatic heterocycles. The lowest BCUT2D eigenvalue weighted by Crippen LogP contribution is -2.62. The van der Waals surface area contributed by atoms with E-state index in [1.165, 1.54) is 63.1 Å². The van der Waals surface area contributed by atoms with Gasteiger partial charge < -0.3 is 131 Å². The second-order valence-corrected chi connectivity index (χ2v) is 37.3. The number of para-hydroxylation sites is 2. The topological polar surface area (TPSA) is 641 Å². The summed E-state index contributed by atoms with van der Waals surface area (Å²) in [5.74, 6) is -19.0. The molecule has 45 heteroatoms. The number of aromatic hydroxyl groups is 1. The Hall–Kier alpha value is -13.0. The maximum atomic E-state index is 16.0. The van der Waals surface area contributed by atoms with Gasteiger partial charge in [-0.1, -0.05) is 116 Å².